The van der Waals surface area contributed by atoms with Crippen LogP contribution in [-0.4, -0.2) is 31.3 Å². The zero-order valence-electron chi connectivity index (χ0n) is 16.2. The maximum absolute atomic E-state index is 13.2. The van der Waals surface area contributed by atoms with Crippen molar-refractivity contribution in [2.75, 3.05) is 0 Å². The van der Waals surface area contributed by atoms with Gasteiger partial charge >= 0.3 is 0 Å². The average Bonchev–Trinajstić information content (AvgIpc) is 3.18. The smallest absolute Gasteiger partial charge is 0.290 e. The molecule has 8 heteroatoms. The first kappa shape index (κ1) is 18.5. The summed E-state index contributed by atoms with van der Waals surface area (Å²) in [6.45, 7) is 5.53. The minimum absolute atomic E-state index is 0.303. The lowest BCUT2D eigenvalue weighted by molar-refractivity contribution is 0.0948. The predicted molar refractivity (Wildman–Crippen MR) is 108 cm³/mol. The number of hydrazone groups is 1. The minimum atomic E-state index is -0.348. The van der Waals surface area contributed by atoms with Crippen molar-refractivity contribution in [2.24, 2.45) is 5.10 Å². The molecule has 0 atom stereocenters. The first-order valence-electron chi connectivity index (χ1n) is 9.05. The summed E-state index contributed by atoms with van der Waals surface area (Å²) in [6.07, 6.45) is 3.35. The second kappa shape index (κ2) is 7.31. The minimum Gasteiger partial charge on any atom is -0.295 e. The molecule has 3 aromatic heterocycles. The van der Waals surface area contributed by atoms with Gasteiger partial charge in [-0.25, -0.2) is 19.5 Å². The third-order valence-corrected chi connectivity index (χ3v) is 4.70. The Hall–Kier alpha value is -3.81. The van der Waals surface area contributed by atoms with Crippen LogP contribution in [0.2, 0.25) is 0 Å². The molecule has 4 rings (SSSR count). The normalized spacial score (nSPS) is 11.4. The molecule has 0 fully saturated rings. The number of imidazole rings is 1. The molecule has 29 heavy (non-hydrogen) atoms. The van der Waals surface area contributed by atoms with Gasteiger partial charge in [-0.05, 0) is 57.2 Å². The number of rotatable bonds is 4. The van der Waals surface area contributed by atoms with Gasteiger partial charge in [-0.15, -0.1) is 0 Å². The van der Waals surface area contributed by atoms with E-state index < -0.39 is 0 Å². The fraction of sp³-hybridized carbons (Fsp3) is 0.143. The van der Waals surface area contributed by atoms with Gasteiger partial charge in [-0.3, -0.25) is 9.20 Å². The summed E-state index contributed by atoms with van der Waals surface area (Å²) >= 11 is 0. The van der Waals surface area contributed by atoms with Crippen LogP contribution in [0.4, 0.5) is 4.39 Å². The summed E-state index contributed by atoms with van der Waals surface area (Å²) in [6, 6.07) is 11.6. The van der Waals surface area contributed by atoms with Crippen molar-refractivity contribution in [1.82, 2.24) is 24.6 Å². The fourth-order valence-corrected chi connectivity index (χ4v) is 3.27. The van der Waals surface area contributed by atoms with Crippen molar-refractivity contribution in [3.8, 4) is 5.69 Å². The van der Waals surface area contributed by atoms with Gasteiger partial charge in [0.05, 0.1) is 29.0 Å². The van der Waals surface area contributed by atoms with Crippen LogP contribution in [-0.2, 0) is 0 Å². The number of fused-ring (bicyclic) bond motifs is 1. The number of benzene rings is 1. The van der Waals surface area contributed by atoms with Crippen molar-refractivity contribution < 1.29 is 9.18 Å². The van der Waals surface area contributed by atoms with Crippen molar-refractivity contribution in [1.29, 1.82) is 0 Å². The van der Waals surface area contributed by atoms with Gasteiger partial charge in [0.15, 0.2) is 0 Å². The van der Waals surface area contributed by atoms with E-state index >= 15 is 0 Å². The van der Waals surface area contributed by atoms with Crippen molar-refractivity contribution in [3.63, 3.8) is 0 Å². The highest BCUT2D eigenvalue weighted by Crippen LogP contribution is 2.17. The largest absolute Gasteiger partial charge is 0.295 e. The van der Waals surface area contributed by atoms with Crippen LogP contribution in [0.25, 0.3) is 11.3 Å². The van der Waals surface area contributed by atoms with E-state index in [4.69, 9.17) is 0 Å². The van der Waals surface area contributed by atoms with Crippen LogP contribution in [0, 0.1) is 26.6 Å². The van der Waals surface area contributed by atoms with Crippen molar-refractivity contribution >= 4 is 17.8 Å². The molecule has 4 aromatic rings. The Balaban J connectivity index is 1.57. The van der Waals surface area contributed by atoms with Crippen LogP contribution < -0.4 is 5.43 Å². The Morgan fingerprint density at radius 3 is 2.62 bits per heavy atom. The lowest BCUT2D eigenvalue weighted by Gasteiger charge is -2.04. The molecule has 1 N–H and O–H groups in total. The third kappa shape index (κ3) is 3.40. The number of carbonyl (C=O) groups excluding carboxylic acids is 1. The number of pyridine rings is 1. The van der Waals surface area contributed by atoms with Gasteiger partial charge in [-0.2, -0.15) is 10.2 Å². The number of aromatic nitrogens is 4. The summed E-state index contributed by atoms with van der Waals surface area (Å²) in [5, 5.41) is 8.60. The summed E-state index contributed by atoms with van der Waals surface area (Å²) in [5.74, 6) is -0.652. The quantitative estimate of drug-likeness (QED) is 0.429. The molecular formula is C21H19FN6O. The SMILES string of the molecule is Cc1nn(-c2ccc(F)cc2)c(C)c1/C=N\NC(=O)c1c(C)nc2ccccn12. The highest BCUT2D eigenvalue weighted by molar-refractivity contribution is 5.95. The first-order valence-corrected chi connectivity index (χ1v) is 9.05. The summed E-state index contributed by atoms with van der Waals surface area (Å²) < 4.78 is 16.6. The van der Waals surface area contributed by atoms with E-state index in [0.717, 1.165) is 22.6 Å². The van der Waals surface area contributed by atoms with E-state index in [2.05, 4.69) is 20.6 Å². The number of nitrogens with zero attached hydrogens (tertiary/aromatic N) is 5. The zero-order valence-corrected chi connectivity index (χ0v) is 16.2. The predicted octanol–water partition coefficient (Wildman–Crippen LogP) is 3.35. The standard InChI is InChI=1S/C21H19FN6O/c1-13-18(15(3)28(26-13)17-9-7-16(22)8-10-17)12-23-25-21(29)20-14(2)24-19-6-4-5-11-27(19)20/h4-12H,1-3H3,(H,25,29)/b23-12-. The highest BCUT2D eigenvalue weighted by Gasteiger charge is 2.16. The van der Waals surface area contributed by atoms with Crippen molar-refractivity contribution in [3.05, 3.63) is 82.8 Å². The number of halogens is 1. The average molecular weight is 390 g/mol. The lowest BCUT2D eigenvalue weighted by Crippen LogP contribution is -2.20. The third-order valence-electron chi connectivity index (χ3n) is 4.70. The molecule has 0 aliphatic carbocycles. The van der Waals surface area contributed by atoms with E-state index in [9.17, 15) is 9.18 Å². The summed E-state index contributed by atoms with van der Waals surface area (Å²) in [4.78, 5) is 17.0. The number of hydrogen-bond donors (Lipinski definition) is 1. The molecule has 1 aromatic carbocycles. The second-order valence-corrected chi connectivity index (χ2v) is 6.65. The monoisotopic (exact) mass is 390 g/mol. The van der Waals surface area contributed by atoms with Crippen LogP contribution in [0.15, 0.2) is 53.8 Å². The number of amides is 1. The fourth-order valence-electron chi connectivity index (χ4n) is 3.27. The Morgan fingerprint density at radius 2 is 1.86 bits per heavy atom. The molecule has 0 aliphatic heterocycles. The Labute approximate surface area is 166 Å². The number of carbonyl (C=O) groups is 1. The van der Waals surface area contributed by atoms with E-state index in [1.165, 1.54) is 12.1 Å². The maximum atomic E-state index is 13.2. The van der Waals surface area contributed by atoms with Crippen LogP contribution in [0.5, 0.6) is 0 Å². The molecule has 0 saturated heterocycles. The van der Waals surface area contributed by atoms with Gasteiger partial charge in [0, 0.05) is 11.8 Å². The second-order valence-electron chi connectivity index (χ2n) is 6.65. The number of aryl methyl sites for hydroxylation is 2. The molecule has 0 bridgehead atoms. The van der Waals surface area contributed by atoms with Gasteiger partial charge in [-0.1, -0.05) is 6.07 Å². The number of hydrogen-bond acceptors (Lipinski definition) is 4. The molecule has 0 saturated carbocycles. The summed E-state index contributed by atoms with van der Waals surface area (Å²) in [7, 11) is 0. The van der Waals surface area contributed by atoms with Crippen LogP contribution in [0.3, 0.4) is 0 Å². The highest BCUT2D eigenvalue weighted by atomic mass is 19.1. The van der Waals surface area contributed by atoms with E-state index in [-0.39, 0.29) is 11.7 Å². The molecule has 0 spiro atoms. The van der Waals surface area contributed by atoms with E-state index in [1.807, 2.05) is 32.0 Å². The first-order chi connectivity index (χ1) is 14.0. The van der Waals surface area contributed by atoms with Gasteiger partial charge in [0.2, 0.25) is 0 Å². The molecule has 0 unspecified atom stereocenters. The van der Waals surface area contributed by atoms with Crippen molar-refractivity contribution in [2.45, 2.75) is 20.8 Å². The van der Waals surface area contributed by atoms with E-state index in [0.29, 0.717) is 17.0 Å². The number of nitrogens with one attached hydrogen (secondary N) is 1. The van der Waals surface area contributed by atoms with Crippen LogP contribution in [0.1, 0.15) is 33.1 Å². The molecule has 1 amide bonds. The molecule has 0 radical (unpaired) electrons. The maximum Gasteiger partial charge on any atom is 0.290 e. The van der Waals surface area contributed by atoms with E-state index in [1.54, 1.807) is 40.6 Å². The molecule has 7 nitrogen and oxygen atoms in total. The molecule has 146 valence electrons. The van der Waals surface area contributed by atoms with Gasteiger partial charge in [0.25, 0.3) is 5.91 Å². The zero-order chi connectivity index (χ0) is 20.5. The Bertz CT molecular complexity index is 1240. The van der Waals surface area contributed by atoms with Gasteiger partial charge in [0.1, 0.15) is 17.2 Å². The Morgan fingerprint density at radius 1 is 1.10 bits per heavy atom. The molecule has 0 aliphatic rings. The Kier molecular flexibility index (Phi) is 4.67. The lowest BCUT2D eigenvalue weighted by atomic mass is 10.2. The molecular weight excluding hydrogens is 371 g/mol. The topological polar surface area (TPSA) is 76.6 Å². The summed E-state index contributed by atoms with van der Waals surface area (Å²) in [5.41, 5.74) is 7.43. The van der Waals surface area contributed by atoms with Crippen LogP contribution >= 0.6 is 0 Å². The van der Waals surface area contributed by atoms with Gasteiger partial charge < -0.3 is 0 Å². The molecule has 3 heterocycles.